The fraction of sp³-hybridized carbons (Fsp3) is 0.556. The predicted octanol–water partition coefficient (Wildman–Crippen LogP) is 5.03. The van der Waals surface area contributed by atoms with Gasteiger partial charge in [-0.3, -0.25) is 14.7 Å². The fourth-order valence-corrected chi connectivity index (χ4v) is 7.05. The standard InChI is InChI=1S/C27H30F3N3O/c28-27(29,30)22-11-19-15-32(10-8-24(19)31-14-22)25(34)26-9-4-7-21(26)12-23(13-26)33-16-20(17-33)18-5-2-1-3-6-18/h1-3,5-6,11,14,20-21,23H,4,7-10,12-13,15-17H2/t21-,23-,26-/m1/s1. The number of hydrogen-bond acceptors (Lipinski definition) is 3. The Morgan fingerprint density at radius 1 is 1.15 bits per heavy atom. The van der Waals surface area contributed by atoms with Gasteiger partial charge in [0, 0.05) is 56.5 Å². The van der Waals surface area contributed by atoms with Gasteiger partial charge in [0.15, 0.2) is 0 Å². The number of hydrogen-bond donors (Lipinski definition) is 0. The van der Waals surface area contributed by atoms with E-state index in [-0.39, 0.29) is 17.9 Å². The SMILES string of the molecule is O=C(N1CCc2ncc(C(F)(F)F)cc2C1)[C@@]12CCC[C@@H]1C[C@@H](N1CC(c3ccccc3)C1)C2. The maximum atomic E-state index is 13.9. The quantitative estimate of drug-likeness (QED) is 0.633. The van der Waals surface area contributed by atoms with Crippen LogP contribution in [0.1, 0.15) is 60.4 Å². The van der Waals surface area contributed by atoms with Gasteiger partial charge in [-0.2, -0.15) is 13.2 Å². The number of aromatic nitrogens is 1. The maximum absolute atomic E-state index is 13.9. The first-order chi connectivity index (χ1) is 16.3. The highest BCUT2D eigenvalue weighted by Crippen LogP contribution is 2.57. The van der Waals surface area contributed by atoms with E-state index < -0.39 is 11.7 Å². The van der Waals surface area contributed by atoms with E-state index in [4.69, 9.17) is 0 Å². The molecular weight excluding hydrogens is 439 g/mol. The average molecular weight is 470 g/mol. The van der Waals surface area contributed by atoms with Crippen molar-refractivity contribution in [2.45, 2.75) is 63.2 Å². The molecule has 34 heavy (non-hydrogen) atoms. The van der Waals surface area contributed by atoms with Crippen LogP contribution in [0.2, 0.25) is 0 Å². The molecule has 2 aliphatic carbocycles. The molecule has 0 unspecified atom stereocenters. The highest BCUT2D eigenvalue weighted by Gasteiger charge is 2.57. The number of rotatable bonds is 3. The Balaban J connectivity index is 1.16. The third-order valence-corrected chi connectivity index (χ3v) is 8.89. The van der Waals surface area contributed by atoms with Crippen LogP contribution >= 0.6 is 0 Å². The van der Waals surface area contributed by atoms with Crippen molar-refractivity contribution < 1.29 is 18.0 Å². The van der Waals surface area contributed by atoms with E-state index in [0.29, 0.717) is 42.1 Å². The molecule has 0 spiro atoms. The molecule has 1 aromatic heterocycles. The molecule has 0 radical (unpaired) electrons. The van der Waals surface area contributed by atoms with Crippen LogP contribution in [0.4, 0.5) is 13.2 Å². The molecule has 1 amide bonds. The number of fused-ring (bicyclic) bond motifs is 2. The lowest BCUT2D eigenvalue weighted by atomic mass is 9.78. The zero-order valence-corrected chi connectivity index (χ0v) is 19.2. The zero-order valence-electron chi connectivity index (χ0n) is 19.2. The summed E-state index contributed by atoms with van der Waals surface area (Å²) in [5, 5.41) is 0. The lowest BCUT2D eigenvalue weighted by molar-refractivity contribution is -0.144. The second-order valence-electron chi connectivity index (χ2n) is 10.7. The summed E-state index contributed by atoms with van der Waals surface area (Å²) in [4.78, 5) is 22.4. The molecule has 180 valence electrons. The summed E-state index contributed by atoms with van der Waals surface area (Å²) in [6.07, 6.45) is 2.04. The molecular formula is C27H30F3N3O. The summed E-state index contributed by atoms with van der Waals surface area (Å²) in [5.74, 6) is 1.13. The first-order valence-electron chi connectivity index (χ1n) is 12.5. The maximum Gasteiger partial charge on any atom is 0.417 e. The van der Waals surface area contributed by atoms with Gasteiger partial charge < -0.3 is 4.90 Å². The third kappa shape index (κ3) is 3.63. The van der Waals surface area contributed by atoms with Crippen LogP contribution in [0.5, 0.6) is 0 Å². The van der Waals surface area contributed by atoms with Crippen LogP contribution in [-0.4, -0.2) is 46.4 Å². The molecule has 6 rings (SSSR count). The molecule has 1 aromatic carbocycles. The summed E-state index contributed by atoms with van der Waals surface area (Å²) in [7, 11) is 0. The van der Waals surface area contributed by atoms with Gasteiger partial charge in [0.25, 0.3) is 0 Å². The van der Waals surface area contributed by atoms with Crippen LogP contribution in [0.3, 0.4) is 0 Å². The van der Waals surface area contributed by atoms with Crippen LogP contribution in [0.15, 0.2) is 42.6 Å². The minimum Gasteiger partial charge on any atom is -0.337 e. The first-order valence-corrected chi connectivity index (χ1v) is 12.5. The van der Waals surface area contributed by atoms with Gasteiger partial charge in [-0.05, 0) is 48.8 Å². The van der Waals surface area contributed by atoms with Gasteiger partial charge in [-0.15, -0.1) is 0 Å². The largest absolute Gasteiger partial charge is 0.417 e. The van der Waals surface area contributed by atoms with E-state index in [1.54, 1.807) is 0 Å². The van der Waals surface area contributed by atoms with Gasteiger partial charge in [0.2, 0.25) is 5.91 Å². The van der Waals surface area contributed by atoms with Crippen LogP contribution in [0, 0.1) is 11.3 Å². The van der Waals surface area contributed by atoms with E-state index in [0.717, 1.165) is 51.4 Å². The summed E-state index contributed by atoms with van der Waals surface area (Å²) in [6, 6.07) is 12.3. The van der Waals surface area contributed by atoms with Crippen molar-refractivity contribution in [1.29, 1.82) is 0 Å². The van der Waals surface area contributed by atoms with Crippen LogP contribution < -0.4 is 0 Å². The van der Waals surface area contributed by atoms with Crippen molar-refractivity contribution in [3.63, 3.8) is 0 Å². The Hall–Kier alpha value is -2.41. The highest BCUT2D eigenvalue weighted by molar-refractivity contribution is 5.84. The number of carbonyl (C=O) groups is 1. The van der Waals surface area contributed by atoms with Crippen molar-refractivity contribution in [1.82, 2.24) is 14.8 Å². The molecule has 2 aliphatic heterocycles. The highest BCUT2D eigenvalue weighted by atomic mass is 19.4. The smallest absolute Gasteiger partial charge is 0.337 e. The molecule has 1 saturated heterocycles. The normalized spacial score (nSPS) is 29.6. The van der Waals surface area contributed by atoms with Gasteiger partial charge in [-0.25, -0.2) is 0 Å². The number of nitrogens with zero attached hydrogens (tertiary/aromatic N) is 3. The van der Waals surface area contributed by atoms with Gasteiger partial charge >= 0.3 is 6.18 Å². The Bertz CT molecular complexity index is 1080. The lowest BCUT2D eigenvalue weighted by Crippen LogP contribution is -2.51. The lowest BCUT2D eigenvalue weighted by Gasteiger charge is -2.44. The fourth-order valence-electron chi connectivity index (χ4n) is 7.05. The van der Waals surface area contributed by atoms with Crippen molar-refractivity contribution in [2.75, 3.05) is 19.6 Å². The van der Waals surface area contributed by atoms with Gasteiger partial charge in [0.05, 0.1) is 11.0 Å². The van der Waals surface area contributed by atoms with E-state index in [1.165, 1.54) is 11.6 Å². The van der Waals surface area contributed by atoms with E-state index >= 15 is 0 Å². The van der Waals surface area contributed by atoms with E-state index in [1.807, 2.05) is 11.0 Å². The molecule has 3 atom stereocenters. The number of alkyl halides is 3. The summed E-state index contributed by atoms with van der Waals surface area (Å²) >= 11 is 0. The topological polar surface area (TPSA) is 36.4 Å². The molecule has 2 saturated carbocycles. The zero-order chi connectivity index (χ0) is 23.5. The second-order valence-corrected chi connectivity index (χ2v) is 10.7. The van der Waals surface area contributed by atoms with Crippen molar-refractivity contribution in [2.24, 2.45) is 11.3 Å². The number of halogens is 3. The minimum absolute atomic E-state index is 0.167. The first kappa shape index (κ1) is 22.1. The molecule has 3 heterocycles. The summed E-state index contributed by atoms with van der Waals surface area (Å²) in [6.45, 7) is 2.89. The molecule has 4 nitrogen and oxygen atoms in total. The Morgan fingerprint density at radius 3 is 2.71 bits per heavy atom. The number of pyridine rings is 1. The summed E-state index contributed by atoms with van der Waals surface area (Å²) < 4.78 is 39.6. The molecule has 0 N–H and O–H groups in total. The Labute approximate surface area is 198 Å². The molecule has 2 aromatic rings. The number of amides is 1. The van der Waals surface area contributed by atoms with Crippen molar-refractivity contribution in [3.8, 4) is 0 Å². The van der Waals surface area contributed by atoms with Gasteiger partial charge in [0.1, 0.15) is 0 Å². The number of benzene rings is 1. The monoisotopic (exact) mass is 469 g/mol. The van der Waals surface area contributed by atoms with E-state index in [9.17, 15) is 18.0 Å². The molecule has 0 bridgehead atoms. The predicted molar refractivity (Wildman–Crippen MR) is 122 cm³/mol. The van der Waals surface area contributed by atoms with Crippen molar-refractivity contribution in [3.05, 3.63) is 65.0 Å². The second kappa shape index (κ2) is 8.08. The Kier molecular flexibility index (Phi) is 5.24. The molecule has 4 aliphatic rings. The third-order valence-electron chi connectivity index (χ3n) is 8.89. The molecule has 3 fully saturated rings. The van der Waals surface area contributed by atoms with Crippen LogP contribution in [0.25, 0.3) is 0 Å². The molecule has 7 heteroatoms. The van der Waals surface area contributed by atoms with Gasteiger partial charge in [-0.1, -0.05) is 36.8 Å². The Morgan fingerprint density at radius 2 is 1.94 bits per heavy atom. The van der Waals surface area contributed by atoms with Crippen molar-refractivity contribution >= 4 is 5.91 Å². The minimum atomic E-state index is -4.42. The summed E-state index contributed by atoms with van der Waals surface area (Å²) in [5.41, 5.74) is 1.55. The van der Waals surface area contributed by atoms with Crippen LogP contribution in [-0.2, 0) is 23.9 Å². The number of carbonyl (C=O) groups excluding carboxylic acids is 1. The van der Waals surface area contributed by atoms with E-state index in [2.05, 4.69) is 34.1 Å². The average Bonchev–Trinajstić information content (AvgIpc) is 3.35. The number of likely N-dealkylation sites (tertiary alicyclic amines) is 1.